The number of hydrogen-bond acceptors (Lipinski definition) is 2. The van der Waals surface area contributed by atoms with Crippen molar-refractivity contribution in [1.82, 2.24) is 10.6 Å². The van der Waals surface area contributed by atoms with Crippen molar-refractivity contribution in [2.45, 2.75) is 40.8 Å². The Morgan fingerprint density at radius 1 is 0.562 bits per heavy atom. The van der Waals surface area contributed by atoms with Crippen LogP contribution in [0.1, 0.15) is 33.4 Å². The Hall–Kier alpha value is -2.96. The predicted octanol–water partition coefficient (Wildman–Crippen LogP) is 5.89. The Morgan fingerprint density at radius 2 is 0.875 bits per heavy atom. The van der Waals surface area contributed by atoms with E-state index in [0.717, 1.165) is 33.6 Å². The monoisotopic (exact) mass is 462 g/mol. The number of rotatable bonds is 6. The van der Waals surface area contributed by atoms with Crippen LogP contribution in [0, 0.1) is 27.7 Å². The second-order valence-electron chi connectivity index (χ2n) is 7.84. The molecule has 0 fully saturated rings. The minimum absolute atomic E-state index is 0.611. The van der Waals surface area contributed by atoms with E-state index in [0.29, 0.717) is 23.3 Å². The van der Waals surface area contributed by atoms with Crippen molar-refractivity contribution >= 4 is 46.0 Å². The molecule has 0 atom stereocenters. The van der Waals surface area contributed by atoms with Gasteiger partial charge in [-0.1, -0.05) is 60.7 Å². The van der Waals surface area contributed by atoms with Crippen LogP contribution in [0.15, 0.2) is 60.7 Å². The largest absolute Gasteiger partial charge is 0.358 e. The summed E-state index contributed by atoms with van der Waals surface area (Å²) in [6.45, 7) is 9.80. The van der Waals surface area contributed by atoms with Gasteiger partial charge >= 0.3 is 0 Å². The molecule has 6 heteroatoms. The van der Waals surface area contributed by atoms with E-state index in [4.69, 9.17) is 24.4 Å². The molecule has 0 spiro atoms. The Balaban J connectivity index is 1.68. The number of benzene rings is 3. The molecule has 0 unspecified atom stereocenters. The summed E-state index contributed by atoms with van der Waals surface area (Å²) in [7, 11) is 0. The predicted molar refractivity (Wildman–Crippen MR) is 144 cm³/mol. The molecule has 3 aromatic rings. The van der Waals surface area contributed by atoms with Crippen LogP contribution in [0.4, 0.5) is 11.4 Å². The van der Waals surface area contributed by atoms with Crippen LogP contribution in [0.2, 0.25) is 0 Å². The van der Waals surface area contributed by atoms with Crippen molar-refractivity contribution in [2.75, 3.05) is 10.6 Å². The van der Waals surface area contributed by atoms with Crippen LogP contribution in [-0.2, 0) is 13.1 Å². The molecule has 4 nitrogen and oxygen atoms in total. The fourth-order valence-corrected chi connectivity index (χ4v) is 3.91. The molecule has 0 heterocycles. The number of nitrogens with one attached hydrogen (secondary N) is 4. The van der Waals surface area contributed by atoms with Gasteiger partial charge in [-0.3, -0.25) is 0 Å². The van der Waals surface area contributed by atoms with Gasteiger partial charge in [0.2, 0.25) is 0 Å². The summed E-state index contributed by atoms with van der Waals surface area (Å²) in [5.74, 6) is 0. The van der Waals surface area contributed by atoms with Crippen molar-refractivity contribution < 1.29 is 0 Å². The van der Waals surface area contributed by atoms with Gasteiger partial charge in [0.05, 0.1) is 0 Å². The minimum Gasteiger partial charge on any atom is -0.358 e. The molecular weight excluding hydrogens is 432 g/mol. The zero-order chi connectivity index (χ0) is 23.1. The molecular formula is C26H30N4S2. The van der Waals surface area contributed by atoms with E-state index < -0.39 is 0 Å². The molecule has 0 saturated carbocycles. The molecule has 0 aromatic heterocycles. The lowest BCUT2D eigenvalue weighted by Gasteiger charge is -2.23. The fraction of sp³-hybridized carbons (Fsp3) is 0.231. The van der Waals surface area contributed by atoms with E-state index >= 15 is 0 Å². The number of anilines is 2. The Morgan fingerprint density at radius 3 is 1.19 bits per heavy atom. The highest BCUT2D eigenvalue weighted by molar-refractivity contribution is 7.80. The van der Waals surface area contributed by atoms with Crippen molar-refractivity contribution in [3.05, 3.63) is 94.0 Å². The summed E-state index contributed by atoms with van der Waals surface area (Å²) in [5.41, 5.74) is 9.03. The number of hydrogen-bond donors (Lipinski definition) is 4. The van der Waals surface area contributed by atoms with Gasteiger partial charge in [0, 0.05) is 24.5 Å². The standard InChI is InChI=1S/C26H30N4S2/c1-17-18(2)24(30-26(32)28-16-22-13-9-6-10-14-22)20(4)19(3)23(17)29-25(31)27-15-21-11-7-5-8-12-21/h5-14H,15-16H2,1-4H3,(H2,27,29,31)(H2,28,30,32). The normalized spacial score (nSPS) is 10.4. The molecule has 3 rings (SSSR count). The van der Waals surface area contributed by atoms with E-state index in [1.54, 1.807) is 0 Å². The summed E-state index contributed by atoms with van der Waals surface area (Å²) >= 11 is 11.1. The van der Waals surface area contributed by atoms with Gasteiger partial charge in [-0.15, -0.1) is 0 Å². The quantitative estimate of drug-likeness (QED) is 0.343. The molecule has 0 aliphatic rings. The molecule has 0 amide bonds. The number of thiocarbonyl (C=S) groups is 2. The van der Waals surface area contributed by atoms with Gasteiger partial charge in [0.15, 0.2) is 10.2 Å². The van der Waals surface area contributed by atoms with Gasteiger partial charge < -0.3 is 21.3 Å². The van der Waals surface area contributed by atoms with Crippen molar-refractivity contribution in [3.8, 4) is 0 Å². The van der Waals surface area contributed by atoms with Crippen molar-refractivity contribution in [3.63, 3.8) is 0 Å². The second-order valence-corrected chi connectivity index (χ2v) is 8.65. The van der Waals surface area contributed by atoms with Crippen LogP contribution in [0.25, 0.3) is 0 Å². The summed E-state index contributed by atoms with van der Waals surface area (Å²) in [6, 6.07) is 20.4. The first kappa shape index (κ1) is 23.7. The molecule has 0 radical (unpaired) electrons. The minimum atomic E-state index is 0.611. The fourth-order valence-electron chi connectivity index (χ4n) is 3.56. The summed E-state index contributed by atoms with van der Waals surface area (Å²) in [6.07, 6.45) is 0. The Kier molecular flexibility index (Phi) is 8.20. The lowest BCUT2D eigenvalue weighted by atomic mass is 9.96. The third kappa shape index (κ3) is 6.05. The molecule has 0 bridgehead atoms. The molecule has 32 heavy (non-hydrogen) atoms. The third-order valence-electron chi connectivity index (χ3n) is 5.69. The topological polar surface area (TPSA) is 48.1 Å². The van der Waals surface area contributed by atoms with Crippen LogP contribution in [-0.4, -0.2) is 10.2 Å². The van der Waals surface area contributed by atoms with Crippen LogP contribution in [0.3, 0.4) is 0 Å². The van der Waals surface area contributed by atoms with Gasteiger partial charge in [-0.2, -0.15) is 0 Å². The molecule has 0 saturated heterocycles. The van der Waals surface area contributed by atoms with E-state index in [1.807, 2.05) is 36.4 Å². The maximum absolute atomic E-state index is 5.56. The van der Waals surface area contributed by atoms with Gasteiger partial charge in [-0.25, -0.2) is 0 Å². The summed E-state index contributed by atoms with van der Waals surface area (Å²) < 4.78 is 0. The van der Waals surface area contributed by atoms with Crippen LogP contribution in [0.5, 0.6) is 0 Å². The van der Waals surface area contributed by atoms with Crippen LogP contribution >= 0.6 is 24.4 Å². The first-order chi connectivity index (χ1) is 15.4. The average molecular weight is 463 g/mol. The smallest absolute Gasteiger partial charge is 0.171 e. The highest BCUT2D eigenvalue weighted by atomic mass is 32.1. The van der Waals surface area contributed by atoms with E-state index in [2.05, 4.69) is 73.2 Å². The van der Waals surface area contributed by atoms with E-state index in [1.165, 1.54) is 11.1 Å². The lowest BCUT2D eigenvalue weighted by molar-refractivity contribution is 0.924. The van der Waals surface area contributed by atoms with Crippen molar-refractivity contribution in [2.24, 2.45) is 0 Å². The van der Waals surface area contributed by atoms with Crippen molar-refractivity contribution in [1.29, 1.82) is 0 Å². The summed E-state index contributed by atoms with van der Waals surface area (Å²) in [5, 5.41) is 14.6. The SMILES string of the molecule is Cc1c(C)c(NC(=S)NCc2ccccc2)c(C)c(C)c1NC(=S)NCc1ccccc1. The van der Waals surface area contributed by atoms with Gasteiger partial charge in [0.1, 0.15) is 0 Å². The lowest BCUT2D eigenvalue weighted by Crippen LogP contribution is -2.30. The highest BCUT2D eigenvalue weighted by Crippen LogP contribution is 2.34. The zero-order valence-electron chi connectivity index (χ0n) is 19.0. The molecule has 166 valence electrons. The molecule has 3 aromatic carbocycles. The Bertz CT molecular complexity index is 978. The maximum atomic E-state index is 5.56. The highest BCUT2D eigenvalue weighted by Gasteiger charge is 2.16. The molecule has 4 N–H and O–H groups in total. The van der Waals surface area contributed by atoms with Gasteiger partial charge in [-0.05, 0) is 85.5 Å². The Labute approximate surface area is 201 Å². The first-order valence-electron chi connectivity index (χ1n) is 10.6. The average Bonchev–Trinajstić information content (AvgIpc) is 2.82. The molecule has 0 aliphatic heterocycles. The van der Waals surface area contributed by atoms with Crippen LogP contribution < -0.4 is 21.3 Å². The maximum Gasteiger partial charge on any atom is 0.171 e. The van der Waals surface area contributed by atoms with E-state index in [9.17, 15) is 0 Å². The molecule has 0 aliphatic carbocycles. The third-order valence-corrected chi connectivity index (χ3v) is 6.19. The first-order valence-corrected chi connectivity index (χ1v) is 11.5. The second kappa shape index (κ2) is 11.1. The summed E-state index contributed by atoms with van der Waals surface area (Å²) in [4.78, 5) is 0. The van der Waals surface area contributed by atoms with Gasteiger partial charge in [0.25, 0.3) is 0 Å². The van der Waals surface area contributed by atoms with E-state index in [-0.39, 0.29) is 0 Å². The zero-order valence-corrected chi connectivity index (χ0v) is 20.6.